The number of nitrogens with two attached hydrogens (primary N) is 1. The number of carbonyl (C=O) groups excluding carboxylic acids is 1. The van der Waals surface area contributed by atoms with Crippen molar-refractivity contribution in [3.8, 4) is 0 Å². The molecule has 0 aromatic heterocycles. The number of hydrogen-bond acceptors (Lipinski definition) is 2. The molecular formula is C8H7BrFN3OS. The number of halogens is 2. The van der Waals surface area contributed by atoms with E-state index in [1.54, 1.807) is 0 Å². The Balaban J connectivity index is 2.74. The first-order valence-electron chi connectivity index (χ1n) is 3.81. The Labute approximate surface area is 99.1 Å². The third-order valence-electron chi connectivity index (χ3n) is 1.48. The monoisotopic (exact) mass is 291 g/mol. The van der Waals surface area contributed by atoms with E-state index in [4.69, 9.17) is 5.73 Å². The number of carbonyl (C=O) groups is 1. The van der Waals surface area contributed by atoms with Crippen molar-refractivity contribution in [2.45, 2.75) is 0 Å². The average molecular weight is 292 g/mol. The largest absolute Gasteiger partial charge is 0.375 e. The molecule has 0 saturated carbocycles. The lowest BCUT2D eigenvalue weighted by Gasteiger charge is -2.06. The lowest BCUT2D eigenvalue weighted by Crippen LogP contribution is -2.44. The quantitative estimate of drug-likeness (QED) is 0.535. The maximum Gasteiger partial charge on any atom is 0.269 e. The average Bonchev–Trinajstić information content (AvgIpc) is 2.18. The predicted molar refractivity (Wildman–Crippen MR) is 61.5 cm³/mol. The standard InChI is InChI=1S/C8H7BrFN3OS/c9-5-2-1-4(3-6(5)10)7(14)12-13-8(11)15/h1-3H,(H,12,14)(H3,11,13,15). The van der Waals surface area contributed by atoms with Crippen LogP contribution in [-0.2, 0) is 0 Å². The maximum absolute atomic E-state index is 13.0. The number of nitrogens with one attached hydrogen (secondary N) is 2. The maximum atomic E-state index is 13.0. The second-order valence-electron chi connectivity index (χ2n) is 2.57. The molecule has 1 amide bonds. The van der Waals surface area contributed by atoms with Gasteiger partial charge in [0.25, 0.3) is 5.91 Å². The number of rotatable bonds is 1. The summed E-state index contributed by atoms with van der Waals surface area (Å²) >= 11 is 7.46. The van der Waals surface area contributed by atoms with Gasteiger partial charge in [-0.2, -0.15) is 0 Å². The molecule has 80 valence electrons. The highest BCUT2D eigenvalue weighted by atomic mass is 79.9. The molecular weight excluding hydrogens is 285 g/mol. The minimum atomic E-state index is -0.519. The van der Waals surface area contributed by atoms with E-state index in [0.29, 0.717) is 4.47 Å². The van der Waals surface area contributed by atoms with Crippen molar-refractivity contribution in [1.29, 1.82) is 0 Å². The summed E-state index contributed by atoms with van der Waals surface area (Å²) in [7, 11) is 0. The van der Waals surface area contributed by atoms with Crippen molar-refractivity contribution in [3.05, 3.63) is 34.1 Å². The summed E-state index contributed by atoms with van der Waals surface area (Å²) in [5.41, 5.74) is 9.72. The fraction of sp³-hybridized carbons (Fsp3) is 0. The minimum Gasteiger partial charge on any atom is -0.375 e. The van der Waals surface area contributed by atoms with E-state index in [-0.39, 0.29) is 10.7 Å². The SMILES string of the molecule is NC(=S)NNC(=O)c1ccc(Br)c(F)c1. The Morgan fingerprint density at radius 2 is 2.13 bits per heavy atom. The molecule has 0 spiro atoms. The zero-order valence-corrected chi connectivity index (χ0v) is 9.78. The molecule has 7 heteroatoms. The highest BCUT2D eigenvalue weighted by Gasteiger charge is 2.07. The molecule has 0 radical (unpaired) electrons. The van der Waals surface area contributed by atoms with Crippen LogP contribution in [0.2, 0.25) is 0 Å². The van der Waals surface area contributed by atoms with Crippen molar-refractivity contribution in [3.63, 3.8) is 0 Å². The van der Waals surface area contributed by atoms with Crippen LogP contribution in [0.4, 0.5) is 4.39 Å². The fourth-order valence-electron chi connectivity index (χ4n) is 0.828. The van der Waals surface area contributed by atoms with Crippen LogP contribution < -0.4 is 16.6 Å². The number of hydrazine groups is 1. The first-order chi connectivity index (χ1) is 7.00. The minimum absolute atomic E-state index is 0.0686. The third-order valence-corrected chi connectivity index (χ3v) is 2.23. The number of benzene rings is 1. The Hall–Kier alpha value is -1.21. The topological polar surface area (TPSA) is 67.2 Å². The van der Waals surface area contributed by atoms with Gasteiger partial charge in [0.05, 0.1) is 4.47 Å². The Morgan fingerprint density at radius 1 is 1.47 bits per heavy atom. The second kappa shape index (κ2) is 5.04. The van der Waals surface area contributed by atoms with Crippen LogP contribution in [0.1, 0.15) is 10.4 Å². The van der Waals surface area contributed by atoms with Gasteiger partial charge in [0.1, 0.15) is 5.82 Å². The van der Waals surface area contributed by atoms with Gasteiger partial charge in [0, 0.05) is 5.56 Å². The first kappa shape index (κ1) is 11.9. The highest BCUT2D eigenvalue weighted by Crippen LogP contribution is 2.16. The molecule has 0 unspecified atom stereocenters. The van der Waals surface area contributed by atoms with Gasteiger partial charge in [-0.05, 0) is 46.3 Å². The van der Waals surface area contributed by atoms with Crippen LogP contribution in [0, 0.1) is 5.82 Å². The summed E-state index contributed by atoms with van der Waals surface area (Å²) in [6.07, 6.45) is 0. The van der Waals surface area contributed by atoms with Crippen molar-refractivity contribution >= 4 is 39.2 Å². The molecule has 4 nitrogen and oxygen atoms in total. The lowest BCUT2D eigenvalue weighted by molar-refractivity contribution is 0.0943. The Kier molecular flexibility index (Phi) is 3.98. The van der Waals surface area contributed by atoms with E-state index < -0.39 is 11.7 Å². The first-order valence-corrected chi connectivity index (χ1v) is 5.01. The number of amides is 1. The van der Waals surface area contributed by atoms with E-state index >= 15 is 0 Å². The van der Waals surface area contributed by atoms with Gasteiger partial charge in [-0.1, -0.05) is 0 Å². The van der Waals surface area contributed by atoms with Gasteiger partial charge in [-0.15, -0.1) is 0 Å². The van der Waals surface area contributed by atoms with Gasteiger partial charge >= 0.3 is 0 Å². The number of thiocarbonyl (C=S) groups is 1. The predicted octanol–water partition coefficient (Wildman–Crippen LogP) is 1.07. The zero-order valence-electron chi connectivity index (χ0n) is 7.38. The van der Waals surface area contributed by atoms with Crippen molar-refractivity contribution < 1.29 is 9.18 Å². The van der Waals surface area contributed by atoms with Gasteiger partial charge in [0.15, 0.2) is 5.11 Å². The molecule has 0 bridgehead atoms. The Morgan fingerprint density at radius 3 is 2.67 bits per heavy atom. The van der Waals surface area contributed by atoms with Crippen molar-refractivity contribution in [2.75, 3.05) is 0 Å². The summed E-state index contributed by atoms with van der Waals surface area (Å²) in [5, 5.41) is -0.0686. The van der Waals surface area contributed by atoms with Crippen LogP contribution >= 0.6 is 28.1 Å². The summed E-state index contributed by atoms with van der Waals surface area (Å²) in [4.78, 5) is 11.3. The van der Waals surface area contributed by atoms with E-state index in [1.165, 1.54) is 12.1 Å². The molecule has 0 aliphatic rings. The lowest BCUT2D eigenvalue weighted by atomic mass is 10.2. The van der Waals surface area contributed by atoms with Crippen molar-refractivity contribution in [2.24, 2.45) is 5.73 Å². The van der Waals surface area contributed by atoms with Gasteiger partial charge in [-0.3, -0.25) is 15.6 Å². The van der Waals surface area contributed by atoms with E-state index in [1.807, 2.05) is 0 Å². The van der Waals surface area contributed by atoms with Gasteiger partial charge in [0.2, 0.25) is 0 Å². The van der Waals surface area contributed by atoms with Crippen LogP contribution in [-0.4, -0.2) is 11.0 Å². The van der Waals surface area contributed by atoms with Crippen LogP contribution in [0.3, 0.4) is 0 Å². The summed E-state index contributed by atoms with van der Waals surface area (Å²) in [5.74, 6) is -1.04. The molecule has 15 heavy (non-hydrogen) atoms. The zero-order chi connectivity index (χ0) is 11.4. The van der Waals surface area contributed by atoms with Crippen LogP contribution in [0.5, 0.6) is 0 Å². The molecule has 1 rings (SSSR count). The third kappa shape index (κ3) is 3.45. The molecule has 0 aliphatic carbocycles. The molecule has 0 atom stereocenters. The smallest absolute Gasteiger partial charge is 0.269 e. The second-order valence-corrected chi connectivity index (χ2v) is 3.87. The van der Waals surface area contributed by atoms with E-state index in [0.717, 1.165) is 6.07 Å². The normalized spacial score (nSPS) is 9.47. The molecule has 0 fully saturated rings. The summed E-state index contributed by atoms with van der Waals surface area (Å²) in [6.45, 7) is 0. The van der Waals surface area contributed by atoms with Crippen LogP contribution in [0.25, 0.3) is 0 Å². The highest BCUT2D eigenvalue weighted by molar-refractivity contribution is 9.10. The summed E-state index contributed by atoms with van der Waals surface area (Å²) < 4.78 is 13.3. The molecule has 1 aromatic rings. The fourth-order valence-corrected chi connectivity index (χ4v) is 1.13. The molecule has 0 aliphatic heterocycles. The summed E-state index contributed by atoms with van der Waals surface area (Å²) in [6, 6.07) is 4.00. The van der Waals surface area contributed by atoms with Crippen LogP contribution in [0.15, 0.2) is 22.7 Å². The molecule has 1 aromatic carbocycles. The molecule has 4 N–H and O–H groups in total. The number of hydrogen-bond donors (Lipinski definition) is 3. The van der Waals surface area contributed by atoms with E-state index in [2.05, 4.69) is 39.0 Å². The van der Waals surface area contributed by atoms with Gasteiger partial charge < -0.3 is 5.73 Å². The Bertz CT molecular complexity index is 413. The molecule has 0 heterocycles. The van der Waals surface area contributed by atoms with Gasteiger partial charge in [-0.25, -0.2) is 4.39 Å². The van der Waals surface area contributed by atoms with Crippen molar-refractivity contribution in [1.82, 2.24) is 10.9 Å². The van der Waals surface area contributed by atoms with E-state index in [9.17, 15) is 9.18 Å². The molecule has 0 saturated heterocycles.